The third kappa shape index (κ3) is 4.11. The Bertz CT molecular complexity index is 107. The van der Waals surface area contributed by atoms with Gasteiger partial charge in [-0.3, -0.25) is 0 Å². The largest absolute Gasteiger partial charge is 0.530 e. The molecule has 1 heteroatoms. The van der Waals surface area contributed by atoms with Gasteiger partial charge < -0.3 is 8.58 Å². The second-order valence-corrected chi connectivity index (χ2v) is 6.92. The third-order valence-electron chi connectivity index (χ3n) is 2.14. The zero-order valence-electron chi connectivity index (χ0n) is 8.06. The molecule has 1 aliphatic rings. The molecule has 66 valence electrons. The Labute approximate surface area is 72.9 Å². The fraction of sp³-hybridized carbons (Fsp3) is 1.00. The first-order valence-corrected chi connectivity index (χ1v) is 5.76. The first kappa shape index (κ1) is 9.52. The fourth-order valence-electron chi connectivity index (χ4n) is 1.76. The van der Waals surface area contributed by atoms with Gasteiger partial charge in [0, 0.05) is 0 Å². The van der Waals surface area contributed by atoms with E-state index in [2.05, 4.69) is 20.8 Å². The summed E-state index contributed by atoms with van der Waals surface area (Å²) in [6.45, 7) is 7.05. The van der Waals surface area contributed by atoms with Crippen LogP contribution in [-0.4, -0.2) is 10.8 Å². The van der Waals surface area contributed by atoms with Gasteiger partial charge in [0.15, 0.2) is 0 Å². The van der Waals surface area contributed by atoms with Gasteiger partial charge in [-0.2, -0.15) is 10.8 Å². The average Bonchev–Trinajstić information content (AvgIpc) is 1.85. The maximum absolute atomic E-state index is 2.35. The quantitative estimate of drug-likeness (QED) is 0.522. The lowest BCUT2D eigenvalue weighted by Crippen LogP contribution is -2.15. The zero-order chi connectivity index (χ0) is 8.32. The summed E-state index contributed by atoms with van der Waals surface area (Å²) in [5.41, 5.74) is 1.02. The molecule has 0 unspecified atom stereocenters. The van der Waals surface area contributed by atoms with Crippen LogP contribution in [0.4, 0.5) is 0 Å². The summed E-state index contributed by atoms with van der Waals surface area (Å²) >= 11 is 0. The van der Waals surface area contributed by atoms with Crippen molar-refractivity contribution in [3.63, 3.8) is 0 Å². The third-order valence-corrected chi connectivity index (χ3v) is 3.80. The van der Waals surface area contributed by atoms with E-state index in [9.17, 15) is 0 Å². The van der Waals surface area contributed by atoms with E-state index in [0.717, 1.165) is 5.66 Å². The lowest BCUT2D eigenvalue weighted by atomic mass is 10.0. The van der Waals surface area contributed by atoms with Crippen molar-refractivity contribution in [2.24, 2.45) is 0 Å². The molecule has 0 radical (unpaired) electrons. The van der Waals surface area contributed by atoms with E-state index in [1.165, 1.54) is 32.1 Å². The first-order valence-electron chi connectivity index (χ1n) is 4.80. The van der Waals surface area contributed by atoms with Crippen LogP contribution >= 0.6 is 8.58 Å². The van der Waals surface area contributed by atoms with Gasteiger partial charge in [0.2, 0.25) is 0 Å². The van der Waals surface area contributed by atoms with Crippen molar-refractivity contribution < 1.29 is 0 Å². The van der Waals surface area contributed by atoms with E-state index in [-0.39, 0.29) is 0 Å². The molecule has 11 heavy (non-hydrogen) atoms. The van der Waals surface area contributed by atoms with E-state index in [1.54, 1.807) is 8.58 Å². The highest BCUT2D eigenvalue weighted by atomic mass is 31.1. The molecule has 0 heterocycles. The van der Waals surface area contributed by atoms with Crippen LogP contribution < -0.4 is 0 Å². The van der Waals surface area contributed by atoms with Crippen LogP contribution in [-0.2, 0) is 0 Å². The van der Waals surface area contributed by atoms with Gasteiger partial charge in [-0.1, -0.05) is 52.9 Å². The summed E-state index contributed by atoms with van der Waals surface area (Å²) in [5, 5.41) is 0.530. The van der Waals surface area contributed by atoms with Crippen LogP contribution in [0.15, 0.2) is 0 Å². The predicted molar refractivity (Wildman–Crippen MR) is 53.5 cm³/mol. The van der Waals surface area contributed by atoms with Crippen LogP contribution in [0.25, 0.3) is 0 Å². The molecule has 0 N–H and O–H groups in total. The van der Waals surface area contributed by atoms with E-state index < -0.39 is 0 Å². The molecule has 0 aromatic carbocycles. The topological polar surface area (TPSA) is 0 Å². The Morgan fingerprint density at radius 3 is 2.00 bits per heavy atom. The molecule has 0 saturated heterocycles. The minimum absolute atomic E-state index is 0.530. The average molecular weight is 171 g/mol. The molecule has 0 aromatic rings. The Balaban J connectivity index is 2.24. The summed E-state index contributed by atoms with van der Waals surface area (Å²) < 4.78 is 0. The number of rotatable bonds is 1. The highest BCUT2D eigenvalue weighted by Gasteiger charge is 2.08. The Morgan fingerprint density at radius 1 is 1.00 bits per heavy atom. The van der Waals surface area contributed by atoms with E-state index >= 15 is 0 Å². The van der Waals surface area contributed by atoms with Crippen LogP contribution in [0.5, 0.6) is 0 Å². The predicted octanol–water partition coefficient (Wildman–Crippen LogP) is 4.06. The van der Waals surface area contributed by atoms with Crippen LogP contribution in [0.2, 0.25) is 0 Å². The fourth-order valence-corrected chi connectivity index (χ4v) is 3.48. The van der Waals surface area contributed by atoms with Gasteiger partial charge in [-0.15, -0.1) is 0 Å². The Kier molecular flexibility index (Phi) is 3.37. The minimum Gasteiger partial charge on any atom is -0.530 e. The molecule has 0 bridgehead atoms. The summed E-state index contributed by atoms with van der Waals surface area (Å²) in [6, 6.07) is 0. The van der Waals surface area contributed by atoms with Gasteiger partial charge in [0.1, 0.15) is 0 Å². The van der Waals surface area contributed by atoms with Crippen molar-refractivity contribution in [3.8, 4) is 0 Å². The van der Waals surface area contributed by atoms with E-state index in [4.69, 9.17) is 0 Å². The molecule has 1 saturated carbocycles. The van der Waals surface area contributed by atoms with Crippen molar-refractivity contribution in [2.45, 2.75) is 63.7 Å². The van der Waals surface area contributed by atoms with Gasteiger partial charge in [-0.05, 0) is 0 Å². The highest BCUT2D eigenvalue weighted by Crippen LogP contribution is 2.41. The molecular formula is C10H20P-. The first-order chi connectivity index (χ1) is 5.08. The lowest BCUT2D eigenvalue weighted by Gasteiger charge is -2.44. The molecule has 0 amide bonds. The highest BCUT2D eigenvalue weighted by molar-refractivity contribution is 7.40. The molecule has 1 aliphatic carbocycles. The second kappa shape index (κ2) is 3.90. The summed E-state index contributed by atoms with van der Waals surface area (Å²) in [4.78, 5) is 0. The molecule has 0 aliphatic heterocycles. The SMILES string of the molecule is CC(C)(C)[P-]C1CCCCC1. The lowest BCUT2D eigenvalue weighted by molar-refractivity contribution is 0.509. The minimum atomic E-state index is 0.530. The van der Waals surface area contributed by atoms with Crippen molar-refractivity contribution in [1.29, 1.82) is 0 Å². The molecule has 0 spiro atoms. The van der Waals surface area contributed by atoms with Crippen molar-refractivity contribution >= 4 is 8.58 Å². The van der Waals surface area contributed by atoms with E-state index in [0.29, 0.717) is 5.16 Å². The standard InChI is InChI=1S/C10H20P/c1-10(2,3)11-9-7-5-4-6-8-9/h9H,4-8H2,1-3H3/q-1. The maximum atomic E-state index is 2.35. The second-order valence-electron chi connectivity index (χ2n) is 4.59. The van der Waals surface area contributed by atoms with Gasteiger partial charge >= 0.3 is 0 Å². The Hall–Kier alpha value is 0.430. The maximum Gasteiger partial charge on any atom is -0.0535 e. The molecule has 1 fully saturated rings. The van der Waals surface area contributed by atoms with Gasteiger partial charge in [0.05, 0.1) is 0 Å². The number of hydrogen-bond acceptors (Lipinski definition) is 0. The van der Waals surface area contributed by atoms with Crippen LogP contribution in [0, 0.1) is 0 Å². The molecule has 0 nitrogen and oxygen atoms in total. The van der Waals surface area contributed by atoms with Crippen LogP contribution in [0.3, 0.4) is 0 Å². The van der Waals surface area contributed by atoms with Gasteiger partial charge in [-0.25, -0.2) is 0 Å². The normalized spacial score (nSPS) is 23.2. The Morgan fingerprint density at radius 2 is 1.55 bits per heavy atom. The summed E-state index contributed by atoms with van der Waals surface area (Å²) in [7, 11) is 1.68. The van der Waals surface area contributed by atoms with Crippen molar-refractivity contribution in [3.05, 3.63) is 0 Å². The van der Waals surface area contributed by atoms with Gasteiger partial charge in [0.25, 0.3) is 0 Å². The summed E-state index contributed by atoms with van der Waals surface area (Å²) in [5.74, 6) is 0. The molecule has 0 atom stereocenters. The zero-order valence-corrected chi connectivity index (χ0v) is 8.95. The summed E-state index contributed by atoms with van der Waals surface area (Å²) in [6.07, 6.45) is 7.41. The smallest absolute Gasteiger partial charge is 0.0535 e. The monoisotopic (exact) mass is 171 g/mol. The van der Waals surface area contributed by atoms with E-state index in [1.807, 2.05) is 0 Å². The molecule has 1 rings (SSSR count). The van der Waals surface area contributed by atoms with Crippen LogP contribution in [0.1, 0.15) is 52.9 Å². The van der Waals surface area contributed by atoms with Crippen molar-refractivity contribution in [1.82, 2.24) is 0 Å². The molecule has 0 aromatic heterocycles. The molecular weight excluding hydrogens is 151 g/mol. The van der Waals surface area contributed by atoms with Crippen molar-refractivity contribution in [2.75, 3.05) is 0 Å². The number of hydrogen-bond donors (Lipinski definition) is 0.